The molecule has 5 heteroatoms. The van der Waals surface area contributed by atoms with Crippen molar-refractivity contribution in [3.63, 3.8) is 0 Å². The van der Waals surface area contributed by atoms with Crippen molar-refractivity contribution in [3.05, 3.63) is 36.0 Å². The van der Waals surface area contributed by atoms with Gasteiger partial charge < -0.3 is 14.8 Å². The second kappa shape index (κ2) is 6.46. The first kappa shape index (κ1) is 16.6. The molecule has 0 saturated carbocycles. The van der Waals surface area contributed by atoms with Crippen molar-refractivity contribution in [1.29, 1.82) is 0 Å². The molecule has 0 aliphatic carbocycles. The number of amides is 1. The Kier molecular flexibility index (Phi) is 4.29. The predicted molar refractivity (Wildman–Crippen MR) is 100 cm³/mol. The molecule has 5 nitrogen and oxygen atoms in total. The minimum Gasteiger partial charge on any atom is -0.341 e. The topological polar surface area (TPSA) is 40.5 Å². The van der Waals surface area contributed by atoms with Gasteiger partial charge >= 0.3 is 0 Å². The fourth-order valence-corrected chi connectivity index (χ4v) is 4.45. The third-order valence-corrected chi connectivity index (χ3v) is 5.65. The van der Waals surface area contributed by atoms with Gasteiger partial charge in [-0.3, -0.25) is 9.69 Å². The van der Waals surface area contributed by atoms with Crippen molar-refractivity contribution in [3.8, 4) is 0 Å². The molecule has 2 aliphatic heterocycles. The van der Waals surface area contributed by atoms with Gasteiger partial charge in [-0.25, -0.2) is 0 Å². The minimum atomic E-state index is -0.0528. The molecule has 1 aromatic heterocycles. The zero-order valence-electron chi connectivity index (χ0n) is 15.4. The highest BCUT2D eigenvalue weighted by Crippen LogP contribution is 2.24. The van der Waals surface area contributed by atoms with E-state index in [4.69, 9.17) is 0 Å². The first-order valence-electron chi connectivity index (χ1n) is 9.39. The maximum absolute atomic E-state index is 13.1. The number of carbonyl (C=O) groups excluding carboxylic acids is 1. The summed E-state index contributed by atoms with van der Waals surface area (Å²) in [5.41, 5.74) is 2.53. The SMILES string of the molecule is CC(C(=O)N1CCn2c(cc3ccccc32)C1)N1C[C@@H](C)N[C@@H](C)C1. The van der Waals surface area contributed by atoms with Gasteiger partial charge in [-0.1, -0.05) is 18.2 Å². The Balaban J connectivity index is 1.50. The second-order valence-corrected chi connectivity index (χ2v) is 7.70. The maximum Gasteiger partial charge on any atom is 0.240 e. The molecule has 1 N–H and O–H groups in total. The number of carbonyl (C=O) groups is 1. The van der Waals surface area contributed by atoms with Gasteiger partial charge in [0.05, 0.1) is 12.6 Å². The molecule has 2 aromatic rings. The molecule has 1 fully saturated rings. The second-order valence-electron chi connectivity index (χ2n) is 7.70. The Labute approximate surface area is 149 Å². The molecule has 1 unspecified atom stereocenters. The molecule has 1 saturated heterocycles. The normalized spacial score (nSPS) is 25.8. The number of hydrogen-bond donors (Lipinski definition) is 1. The van der Waals surface area contributed by atoms with Crippen LogP contribution < -0.4 is 5.32 Å². The molecule has 0 bridgehead atoms. The zero-order valence-corrected chi connectivity index (χ0v) is 15.4. The number of fused-ring (bicyclic) bond motifs is 3. The standard InChI is InChI=1S/C20H28N4O/c1-14-11-23(12-15(2)21-14)16(3)20(25)22-8-9-24-18(13-22)10-17-6-4-5-7-19(17)24/h4-7,10,14-16,21H,8-9,11-13H2,1-3H3/t14-,15+,16?. The van der Waals surface area contributed by atoms with E-state index in [1.54, 1.807) is 0 Å². The molecule has 25 heavy (non-hydrogen) atoms. The van der Waals surface area contributed by atoms with Crippen LogP contribution >= 0.6 is 0 Å². The number of aromatic nitrogens is 1. The van der Waals surface area contributed by atoms with Gasteiger partial charge in [-0.05, 0) is 38.3 Å². The first-order valence-corrected chi connectivity index (χ1v) is 9.39. The number of piperazine rings is 1. The zero-order chi connectivity index (χ0) is 17.6. The summed E-state index contributed by atoms with van der Waals surface area (Å²) in [7, 11) is 0. The average Bonchev–Trinajstić information content (AvgIpc) is 2.97. The van der Waals surface area contributed by atoms with Crippen LogP contribution in [0.25, 0.3) is 10.9 Å². The Morgan fingerprint density at radius 1 is 1.16 bits per heavy atom. The highest BCUT2D eigenvalue weighted by molar-refractivity contribution is 5.84. The van der Waals surface area contributed by atoms with E-state index in [-0.39, 0.29) is 11.9 Å². The summed E-state index contributed by atoms with van der Waals surface area (Å²) in [5.74, 6) is 0.262. The summed E-state index contributed by atoms with van der Waals surface area (Å²) in [6, 6.07) is 11.5. The van der Waals surface area contributed by atoms with Crippen LogP contribution in [0.5, 0.6) is 0 Å². The van der Waals surface area contributed by atoms with Gasteiger partial charge in [0.2, 0.25) is 5.91 Å². The van der Waals surface area contributed by atoms with Crippen LogP contribution in [0, 0.1) is 0 Å². The molecule has 3 atom stereocenters. The van der Waals surface area contributed by atoms with E-state index in [9.17, 15) is 4.79 Å². The molecule has 3 heterocycles. The summed E-state index contributed by atoms with van der Waals surface area (Å²) in [5, 5.41) is 4.81. The van der Waals surface area contributed by atoms with Crippen LogP contribution in [-0.4, -0.2) is 58.0 Å². The molecule has 2 aliphatic rings. The molecule has 0 radical (unpaired) electrons. The lowest BCUT2D eigenvalue weighted by molar-refractivity contribution is -0.138. The van der Waals surface area contributed by atoms with Crippen LogP contribution in [0.2, 0.25) is 0 Å². The number of nitrogens with one attached hydrogen (secondary N) is 1. The van der Waals surface area contributed by atoms with Crippen LogP contribution in [0.3, 0.4) is 0 Å². The summed E-state index contributed by atoms with van der Waals surface area (Å²) in [6.45, 7) is 10.7. The Morgan fingerprint density at radius 2 is 1.88 bits per heavy atom. The van der Waals surface area contributed by atoms with Gasteiger partial charge in [0.1, 0.15) is 0 Å². The monoisotopic (exact) mass is 340 g/mol. The molecule has 0 spiro atoms. The molecular formula is C20H28N4O. The van der Waals surface area contributed by atoms with E-state index < -0.39 is 0 Å². The van der Waals surface area contributed by atoms with E-state index >= 15 is 0 Å². The highest BCUT2D eigenvalue weighted by atomic mass is 16.2. The van der Waals surface area contributed by atoms with Crippen LogP contribution in [0.1, 0.15) is 26.5 Å². The number of para-hydroxylation sites is 1. The van der Waals surface area contributed by atoms with E-state index in [2.05, 4.69) is 65.9 Å². The molecule has 1 amide bonds. The van der Waals surface area contributed by atoms with Crippen molar-refractivity contribution in [1.82, 2.24) is 19.7 Å². The summed E-state index contributed by atoms with van der Waals surface area (Å²) >= 11 is 0. The number of hydrogen-bond acceptors (Lipinski definition) is 3. The third kappa shape index (κ3) is 3.07. The van der Waals surface area contributed by atoms with Crippen molar-refractivity contribution in [2.24, 2.45) is 0 Å². The Hall–Kier alpha value is -1.85. The fraction of sp³-hybridized carbons (Fsp3) is 0.550. The predicted octanol–water partition coefficient (Wildman–Crippen LogP) is 2.05. The lowest BCUT2D eigenvalue weighted by Gasteiger charge is -2.41. The first-order chi connectivity index (χ1) is 12.0. The van der Waals surface area contributed by atoms with Crippen molar-refractivity contribution >= 4 is 16.8 Å². The highest BCUT2D eigenvalue weighted by Gasteiger charge is 2.32. The molecule has 4 rings (SSSR count). The third-order valence-electron chi connectivity index (χ3n) is 5.65. The van der Waals surface area contributed by atoms with Gasteiger partial charge in [0.25, 0.3) is 0 Å². The summed E-state index contributed by atoms with van der Waals surface area (Å²) in [6.07, 6.45) is 0. The Morgan fingerprint density at radius 3 is 2.64 bits per heavy atom. The quantitative estimate of drug-likeness (QED) is 0.910. The maximum atomic E-state index is 13.1. The lowest BCUT2D eigenvalue weighted by atomic mass is 10.1. The fourth-order valence-electron chi connectivity index (χ4n) is 4.45. The van der Waals surface area contributed by atoms with Gasteiger partial charge in [0.15, 0.2) is 0 Å². The van der Waals surface area contributed by atoms with E-state index in [1.165, 1.54) is 16.6 Å². The molecular weight excluding hydrogens is 312 g/mol. The van der Waals surface area contributed by atoms with Gasteiger partial charge in [-0.2, -0.15) is 0 Å². The largest absolute Gasteiger partial charge is 0.341 e. The Bertz CT molecular complexity index is 773. The summed E-state index contributed by atoms with van der Waals surface area (Å²) < 4.78 is 2.36. The van der Waals surface area contributed by atoms with Gasteiger partial charge in [0, 0.05) is 49.5 Å². The van der Waals surface area contributed by atoms with Gasteiger partial charge in [-0.15, -0.1) is 0 Å². The van der Waals surface area contributed by atoms with Crippen LogP contribution in [0.15, 0.2) is 30.3 Å². The van der Waals surface area contributed by atoms with E-state index in [0.29, 0.717) is 12.1 Å². The van der Waals surface area contributed by atoms with Crippen LogP contribution in [0.4, 0.5) is 0 Å². The minimum absolute atomic E-state index is 0.0528. The van der Waals surface area contributed by atoms with Crippen molar-refractivity contribution < 1.29 is 4.79 Å². The smallest absolute Gasteiger partial charge is 0.240 e. The number of rotatable bonds is 2. The number of nitrogens with zero attached hydrogens (tertiary/aromatic N) is 3. The molecule has 134 valence electrons. The number of benzene rings is 1. The van der Waals surface area contributed by atoms with E-state index in [0.717, 1.165) is 32.7 Å². The summed E-state index contributed by atoms with van der Waals surface area (Å²) in [4.78, 5) is 17.5. The van der Waals surface area contributed by atoms with Crippen LogP contribution in [-0.2, 0) is 17.9 Å². The van der Waals surface area contributed by atoms with Crippen molar-refractivity contribution in [2.75, 3.05) is 19.6 Å². The van der Waals surface area contributed by atoms with Crippen molar-refractivity contribution in [2.45, 2.75) is 52.0 Å². The average molecular weight is 340 g/mol. The molecule has 1 aromatic carbocycles. The van der Waals surface area contributed by atoms with E-state index in [1.807, 2.05) is 4.90 Å². The lowest BCUT2D eigenvalue weighted by Crippen LogP contribution is -2.59.